The zero-order valence-electron chi connectivity index (χ0n) is 7.40. The van der Waals surface area contributed by atoms with Crippen LogP contribution < -0.4 is 0 Å². The van der Waals surface area contributed by atoms with Crippen molar-refractivity contribution in [3.63, 3.8) is 0 Å². The van der Waals surface area contributed by atoms with Gasteiger partial charge >= 0.3 is 5.97 Å². The van der Waals surface area contributed by atoms with Crippen molar-refractivity contribution >= 4 is 5.97 Å². The minimum Gasteiger partial charge on any atom is -0.481 e. The standard InChI is InChI=1S/C10H11NO2/c1-6-4-7(2-3-11-6)8-5-9(8)10(12)13/h2-4,8-9H,5H2,1H3,(H,12,13). The average molecular weight is 177 g/mol. The molecule has 0 amide bonds. The van der Waals surface area contributed by atoms with E-state index < -0.39 is 5.97 Å². The zero-order valence-corrected chi connectivity index (χ0v) is 7.40. The summed E-state index contributed by atoms with van der Waals surface area (Å²) in [5, 5.41) is 8.74. The van der Waals surface area contributed by atoms with Crippen LogP contribution in [0.2, 0.25) is 0 Å². The molecule has 0 spiro atoms. The van der Waals surface area contributed by atoms with Crippen molar-refractivity contribution in [2.24, 2.45) is 5.92 Å². The number of pyridine rings is 1. The van der Waals surface area contributed by atoms with Gasteiger partial charge in [0, 0.05) is 11.9 Å². The molecule has 0 aromatic carbocycles. The Labute approximate surface area is 76.4 Å². The molecule has 2 rings (SSSR count). The lowest BCUT2D eigenvalue weighted by atomic mass is 10.1. The van der Waals surface area contributed by atoms with E-state index in [0.29, 0.717) is 0 Å². The van der Waals surface area contributed by atoms with Crippen LogP contribution in [0, 0.1) is 12.8 Å². The van der Waals surface area contributed by atoms with Crippen molar-refractivity contribution in [1.29, 1.82) is 0 Å². The van der Waals surface area contributed by atoms with Crippen molar-refractivity contribution < 1.29 is 9.90 Å². The van der Waals surface area contributed by atoms with Crippen LogP contribution >= 0.6 is 0 Å². The summed E-state index contributed by atoms with van der Waals surface area (Å²) in [6.07, 6.45) is 2.51. The van der Waals surface area contributed by atoms with Crippen LogP contribution in [-0.2, 0) is 4.79 Å². The van der Waals surface area contributed by atoms with E-state index in [-0.39, 0.29) is 11.8 Å². The molecule has 0 aliphatic heterocycles. The van der Waals surface area contributed by atoms with E-state index in [0.717, 1.165) is 17.7 Å². The van der Waals surface area contributed by atoms with E-state index in [1.807, 2.05) is 19.1 Å². The highest BCUT2D eigenvalue weighted by Gasteiger charge is 2.44. The number of aliphatic carboxylic acids is 1. The van der Waals surface area contributed by atoms with Crippen LogP contribution in [0.5, 0.6) is 0 Å². The van der Waals surface area contributed by atoms with Crippen molar-refractivity contribution in [3.8, 4) is 0 Å². The molecule has 1 aliphatic rings. The predicted octanol–water partition coefficient (Wildman–Crippen LogP) is 1.58. The highest BCUT2D eigenvalue weighted by molar-refractivity contribution is 5.75. The molecule has 1 aliphatic carbocycles. The lowest BCUT2D eigenvalue weighted by Crippen LogP contribution is -1.99. The maximum atomic E-state index is 10.6. The van der Waals surface area contributed by atoms with Gasteiger partial charge in [0.1, 0.15) is 0 Å². The van der Waals surface area contributed by atoms with Crippen LogP contribution in [0.25, 0.3) is 0 Å². The van der Waals surface area contributed by atoms with E-state index >= 15 is 0 Å². The maximum absolute atomic E-state index is 10.6. The monoisotopic (exact) mass is 177 g/mol. The second-order valence-electron chi connectivity index (χ2n) is 3.52. The third kappa shape index (κ3) is 1.54. The highest BCUT2D eigenvalue weighted by atomic mass is 16.4. The van der Waals surface area contributed by atoms with Gasteiger partial charge in [-0.3, -0.25) is 9.78 Å². The minimum absolute atomic E-state index is 0.165. The Morgan fingerprint density at radius 3 is 3.00 bits per heavy atom. The fourth-order valence-electron chi connectivity index (χ4n) is 1.63. The molecule has 68 valence electrons. The van der Waals surface area contributed by atoms with Gasteiger partial charge in [0.25, 0.3) is 0 Å². The van der Waals surface area contributed by atoms with Gasteiger partial charge in [0.05, 0.1) is 5.92 Å². The molecule has 0 bridgehead atoms. The summed E-state index contributed by atoms with van der Waals surface area (Å²) in [6.45, 7) is 1.92. The first kappa shape index (κ1) is 8.23. The normalized spacial score (nSPS) is 25.6. The number of rotatable bonds is 2. The first-order chi connectivity index (χ1) is 6.18. The number of aromatic nitrogens is 1. The third-order valence-corrected chi connectivity index (χ3v) is 2.46. The van der Waals surface area contributed by atoms with Crippen LogP contribution in [0.15, 0.2) is 18.3 Å². The summed E-state index contributed by atoms with van der Waals surface area (Å²) >= 11 is 0. The Morgan fingerprint density at radius 1 is 1.69 bits per heavy atom. The van der Waals surface area contributed by atoms with E-state index in [1.54, 1.807) is 6.20 Å². The number of carbonyl (C=O) groups is 1. The molecule has 1 fully saturated rings. The number of nitrogens with zero attached hydrogens (tertiary/aromatic N) is 1. The van der Waals surface area contributed by atoms with Gasteiger partial charge < -0.3 is 5.11 Å². The molecule has 1 N–H and O–H groups in total. The minimum atomic E-state index is -0.681. The Kier molecular flexibility index (Phi) is 1.79. The van der Waals surface area contributed by atoms with Gasteiger partial charge in [-0.25, -0.2) is 0 Å². The summed E-state index contributed by atoms with van der Waals surface area (Å²) < 4.78 is 0. The molecule has 0 radical (unpaired) electrons. The van der Waals surface area contributed by atoms with Crippen molar-refractivity contribution in [3.05, 3.63) is 29.6 Å². The van der Waals surface area contributed by atoms with Crippen molar-refractivity contribution in [1.82, 2.24) is 4.98 Å². The van der Waals surface area contributed by atoms with Crippen LogP contribution in [0.1, 0.15) is 23.6 Å². The largest absolute Gasteiger partial charge is 0.481 e. The SMILES string of the molecule is Cc1cc(C2CC2C(=O)O)ccn1. The second kappa shape index (κ2) is 2.83. The number of carboxylic acids is 1. The van der Waals surface area contributed by atoms with E-state index in [1.165, 1.54) is 0 Å². The Bertz CT molecular complexity index is 349. The lowest BCUT2D eigenvalue weighted by molar-refractivity contribution is -0.138. The van der Waals surface area contributed by atoms with E-state index in [2.05, 4.69) is 4.98 Å². The number of hydrogen-bond donors (Lipinski definition) is 1. The predicted molar refractivity (Wildman–Crippen MR) is 47.5 cm³/mol. The Hall–Kier alpha value is -1.38. The highest BCUT2D eigenvalue weighted by Crippen LogP contribution is 2.47. The molecule has 1 aromatic rings. The molecule has 3 heteroatoms. The molecule has 1 saturated carbocycles. The summed E-state index contributed by atoms with van der Waals surface area (Å²) in [6, 6.07) is 3.87. The molecule has 1 aromatic heterocycles. The smallest absolute Gasteiger partial charge is 0.307 e. The maximum Gasteiger partial charge on any atom is 0.307 e. The summed E-state index contributed by atoms with van der Waals surface area (Å²) in [4.78, 5) is 14.7. The Balaban J connectivity index is 2.16. The van der Waals surface area contributed by atoms with Crippen molar-refractivity contribution in [2.75, 3.05) is 0 Å². The van der Waals surface area contributed by atoms with Crippen LogP contribution in [0.4, 0.5) is 0 Å². The fourth-order valence-corrected chi connectivity index (χ4v) is 1.63. The molecule has 1 heterocycles. The molecular weight excluding hydrogens is 166 g/mol. The van der Waals surface area contributed by atoms with E-state index in [9.17, 15) is 4.79 Å². The third-order valence-electron chi connectivity index (χ3n) is 2.46. The van der Waals surface area contributed by atoms with Gasteiger partial charge in [0.15, 0.2) is 0 Å². The first-order valence-electron chi connectivity index (χ1n) is 4.34. The molecule has 2 unspecified atom stereocenters. The van der Waals surface area contributed by atoms with Crippen LogP contribution in [-0.4, -0.2) is 16.1 Å². The second-order valence-corrected chi connectivity index (χ2v) is 3.52. The summed E-state index contributed by atoms with van der Waals surface area (Å²) in [7, 11) is 0. The first-order valence-corrected chi connectivity index (χ1v) is 4.34. The topological polar surface area (TPSA) is 50.2 Å². The van der Waals surface area contributed by atoms with Crippen molar-refractivity contribution in [2.45, 2.75) is 19.3 Å². The van der Waals surface area contributed by atoms with E-state index in [4.69, 9.17) is 5.11 Å². The average Bonchev–Trinajstić information content (AvgIpc) is 2.82. The zero-order chi connectivity index (χ0) is 9.42. The Morgan fingerprint density at radius 2 is 2.46 bits per heavy atom. The van der Waals surface area contributed by atoms with Crippen LogP contribution in [0.3, 0.4) is 0 Å². The molecule has 0 saturated heterocycles. The quantitative estimate of drug-likeness (QED) is 0.746. The fraction of sp³-hybridized carbons (Fsp3) is 0.400. The van der Waals surface area contributed by atoms with Gasteiger partial charge in [0.2, 0.25) is 0 Å². The summed E-state index contributed by atoms with van der Waals surface area (Å²) in [5.41, 5.74) is 2.06. The van der Waals surface area contributed by atoms with Gasteiger partial charge in [-0.15, -0.1) is 0 Å². The molecule has 3 nitrogen and oxygen atoms in total. The van der Waals surface area contributed by atoms with Gasteiger partial charge in [-0.1, -0.05) is 0 Å². The number of carboxylic acid groups (broad SMARTS) is 1. The molecular formula is C10H11NO2. The lowest BCUT2D eigenvalue weighted by Gasteiger charge is -1.98. The number of hydrogen-bond acceptors (Lipinski definition) is 2. The molecule has 2 atom stereocenters. The van der Waals surface area contributed by atoms with Gasteiger partial charge in [-0.05, 0) is 37.0 Å². The van der Waals surface area contributed by atoms with Gasteiger partial charge in [-0.2, -0.15) is 0 Å². The number of aryl methyl sites for hydroxylation is 1. The molecule has 13 heavy (non-hydrogen) atoms. The summed E-state index contributed by atoms with van der Waals surface area (Å²) in [5.74, 6) is -0.625.